The van der Waals surface area contributed by atoms with E-state index in [-0.39, 0.29) is 5.56 Å². The zero-order valence-electron chi connectivity index (χ0n) is 14.0. The normalized spacial score (nSPS) is 14.2. The lowest BCUT2D eigenvalue weighted by atomic mass is 9.89. The van der Waals surface area contributed by atoms with Crippen LogP contribution in [0.25, 0.3) is 11.1 Å². The molecule has 2 aromatic rings. The van der Waals surface area contributed by atoms with Gasteiger partial charge >= 0.3 is 6.18 Å². The summed E-state index contributed by atoms with van der Waals surface area (Å²) in [6.07, 6.45) is -2.98. The van der Waals surface area contributed by atoms with Crippen molar-refractivity contribution in [3.8, 4) is 16.9 Å². The van der Waals surface area contributed by atoms with Crippen LogP contribution in [0.5, 0.6) is 5.75 Å². The van der Waals surface area contributed by atoms with Gasteiger partial charge < -0.3 is 9.64 Å². The summed E-state index contributed by atoms with van der Waals surface area (Å²) in [6, 6.07) is 7.99. The molecule has 0 fully saturated rings. The molecule has 6 heteroatoms. The molecule has 0 N–H and O–H groups in total. The van der Waals surface area contributed by atoms with E-state index in [0.717, 1.165) is 23.6 Å². The number of aryl methyl sites for hydroxylation is 1. The fourth-order valence-corrected chi connectivity index (χ4v) is 3.29. The first-order valence-corrected chi connectivity index (χ1v) is 7.91. The maximum Gasteiger partial charge on any atom is 0.416 e. The predicted molar refractivity (Wildman–Crippen MR) is 88.3 cm³/mol. The van der Waals surface area contributed by atoms with Crippen molar-refractivity contribution < 1.29 is 22.7 Å². The van der Waals surface area contributed by atoms with Crippen LogP contribution in [0.1, 0.15) is 22.3 Å². The fraction of sp³-hybridized carbons (Fsp3) is 0.316. The number of nitrogens with zero attached hydrogens (tertiary/aromatic N) is 1. The molecule has 1 aliphatic rings. The van der Waals surface area contributed by atoms with Gasteiger partial charge in [-0.3, -0.25) is 4.79 Å². The lowest BCUT2D eigenvalue weighted by molar-refractivity contribution is -0.138. The third-order valence-corrected chi connectivity index (χ3v) is 4.60. The standard InChI is InChI=1S/C19H18F3NO2/c1-12-3-4-14(9-16(12)19(20,21)22)18-15-10-23(11-24)8-7-13(15)5-6-17(18)25-2/h3-6,9,11H,7-8,10H2,1-2H3. The Morgan fingerprint density at radius 1 is 1.20 bits per heavy atom. The Morgan fingerprint density at radius 3 is 2.60 bits per heavy atom. The summed E-state index contributed by atoms with van der Waals surface area (Å²) in [6.45, 7) is 2.41. The van der Waals surface area contributed by atoms with Crippen LogP contribution in [0.15, 0.2) is 30.3 Å². The number of halogens is 3. The summed E-state index contributed by atoms with van der Waals surface area (Å²) >= 11 is 0. The molecule has 3 nitrogen and oxygen atoms in total. The van der Waals surface area contributed by atoms with Crippen molar-refractivity contribution in [2.75, 3.05) is 13.7 Å². The summed E-state index contributed by atoms with van der Waals surface area (Å²) in [5.41, 5.74) is 2.45. The van der Waals surface area contributed by atoms with Crippen molar-refractivity contribution >= 4 is 6.41 Å². The minimum Gasteiger partial charge on any atom is -0.496 e. The average molecular weight is 349 g/mol. The van der Waals surface area contributed by atoms with Crippen molar-refractivity contribution in [1.82, 2.24) is 4.90 Å². The molecule has 0 saturated carbocycles. The van der Waals surface area contributed by atoms with Crippen LogP contribution in [0.2, 0.25) is 0 Å². The summed E-state index contributed by atoms with van der Waals surface area (Å²) in [4.78, 5) is 12.8. The minimum atomic E-state index is -4.42. The van der Waals surface area contributed by atoms with Crippen molar-refractivity contribution in [2.24, 2.45) is 0 Å². The monoisotopic (exact) mass is 349 g/mol. The zero-order chi connectivity index (χ0) is 18.2. The van der Waals surface area contributed by atoms with E-state index in [0.29, 0.717) is 36.4 Å². The van der Waals surface area contributed by atoms with Crippen LogP contribution < -0.4 is 4.74 Å². The first-order chi connectivity index (χ1) is 11.8. The summed E-state index contributed by atoms with van der Waals surface area (Å²) < 4.78 is 45.3. The quantitative estimate of drug-likeness (QED) is 0.777. The maximum absolute atomic E-state index is 13.3. The predicted octanol–water partition coefficient (Wildman–Crippen LogP) is 4.20. The number of hydrogen-bond acceptors (Lipinski definition) is 2. The Hall–Kier alpha value is -2.50. The minimum absolute atomic E-state index is 0.175. The van der Waals surface area contributed by atoms with E-state index in [2.05, 4.69) is 0 Å². The second-order valence-corrected chi connectivity index (χ2v) is 6.13. The molecule has 0 unspecified atom stereocenters. The number of fused-ring (bicyclic) bond motifs is 1. The molecule has 0 bridgehead atoms. The summed E-state index contributed by atoms with van der Waals surface area (Å²) in [7, 11) is 1.49. The second-order valence-electron chi connectivity index (χ2n) is 6.13. The largest absolute Gasteiger partial charge is 0.496 e. The van der Waals surface area contributed by atoms with Gasteiger partial charge in [0.15, 0.2) is 0 Å². The fourth-order valence-electron chi connectivity index (χ4n) is 3.29. The number of carbonyl (C=O) groups excluding carboxylic acids is 1. The van der Waals surface area contributed by atoms with Crippen LogP contribution in [0.4, 0.5) is 13.2 Å². The van der Waals surface area contributed by atoms with Gasteiger partial charge in [-0.25, -0.2) is 0 Å². The van der Waals surface area contributed by atoms with Gasteiger partial charge in [-0.2, -0.15) is 13.2 Å². The first-order valence-electron chi connectivity index (χ1n) is 7.91. The molecule has 0 atom stereocenters. The molecule has 1 aliphatic heterocycles. The van der Waals surface area contributed by atoms with Crippen LogP contribution in [-0.2, 0) is 23.9 Å². The number of rotatable bonds is 3. The zero-order valence-corrected chi connectivity index (χ0v) is 14.0. The van der Waals surface area contributed by atoms with E-state index in [1.54, 1.807) is 17.0 Å². The average Bonchev–Trinajstić information content (AvgIpc) is 2.59. The Morgan fingerprint density at radius 2 is 1.96 bits per heavy atom. The molecular formula is C19H18F3NO2. The Kier molecular flexibility index (Phi) is 4.45. The van der Waals surface area contributed by atoms with E-state index in [4.69, 9.17) is 4.74 Å². The van der Waals surface area contributed by atoms with E-state index in [1.165, 1.54) is 20.1 Å². The smallest absolute Gasteiger partial charge is 0.416 e. The van der Waals surface area contributed by atoms with Crippen LogP contribution in [-0.4, -0.2) is 25.0 Å². The van der Waals surface area contributed by atoms with Crippen molar-refractivity contribution in [2.45, 2.75) is 26.1 Å². The van der Waals surface area contributed by atoms with Gasteiger partial charge in [-0.05, 0) is 47.7 Å². The highest BCUT2D eigenvalue weighted by Crippen LogP contribution is 2.41. The van der Waals surface area contributed by atoms with E-state index in [9.17, 15) is 18.0 Å². The highest BCUT2D eigenvalue weighted by Gasteiger charge is 2.33. The molecular weight excluding hydrogens is 331 g/mol. The van der Waals surface area contributed by atoms with Gasteiger partial charge in [0.2, 0.25) is 6.41 Å². The number of amides is 1. The Bertz CT molecular complexity index is 815. The molecule has 0 aromatic heterocycles. The lowest BCUT2D eigenvalue weighted by Gasteiger charge is -2.28. The number of carbonyl (C=O) groups is 1. The van der Waals surface area contributed by atoms with Gasteiger partial charge in [-0.15, -0.1) is 0 Å². The van der Waals surface area contributed by atoms with E-state index in [1.807, 2.05) is 6.07 Å². The Labute approximate surface area is 144 Å². The van der Waals surface area contributed by atoms with Crippen molar-refractivity contribution in [3.63, 3.8) is 0 Å². The Balaban J connectivity index is 2.22. The number of methoxy groups -OCH3 is 1. The summed E-state index contributed by atoms with van der Waals surface area (Å²) in [5, 5.41) is 0. The van der Waals surface area contributed by atoms with Gasteiger partial charge in [-0.1, -0.05) is 18.2 Å². The number of ether oxygens (including phenoxy) is 1. The number of benzene rings is 2. The van der Waals surface area contributed by atoms with E-state index < -0.39 is 11.7 Å². The van der Waals surface area contributed by atoms with Crippen LogP contribution in [0.3, 0.4) is 0 Å². The lowest BCUT2D eigenvalue weighted by Crippen LogP contribution is -2.29. The molecule has 0 radical (unpaired) electrons. The van der Waals surface area contributed by atoms with Gasteiger partial charge in [0.25, 0.3) is 0 Å². The highest BCUT2D eigenvalue weighted by molar-refractivity contribution is 5.77. The molecule has 2 aromatic carbocycles. The van der Waals surface area contributed by atoms with Gasteiger partial charge in [0.1, 0.15) is 5.75 Å². The van der Waals surface area contributed by atoms with Gasteiger partial charge in [0.05, 0.1) is 12.7 Å². The van der Waals surface area contributed by atoms with E-state index >= 15 is 0 Å². The molecule has 1 amide bonds. The molecule has 132 valence electrons. The maximum atomic E-state index is 13.3. The molecule has 3 rings (SSSR count). The van der Waals surface area contributed by atoms with Gasteiger partial charge in [0, 0.05) is 18.7 Å². The molecule has 0 spiro atoms. The number of hydrogen-bond donors (Lipinski definition) is 0. The third-order valence-electron chi connectivity index (χ3n) is 4.60. The highest BCUT2D eigenvalue weighted by atomic mass is 19.4. The molecule has 0 saturated heterocycles. The molecule has 0 aliphatic carbocycles. The van der Waals surface area contributed by atoms with Crippen molar-refractivity contribution in [3.05, 3.63) is 52.6 Å². The third kappa shape index (κ3) is 3.21. The first kappa shape index (κ1) is 17.3. The second kappa shape index (κ2) is 6.43. The van der Waals surface area contributed by atoms with Crippen LogP contribution in [0, 0.1) is 6.92 Å². The SMILES string of the molecule is COc1ccc2c(c1-c1ccc(C)c(C(F)(F)F)c1)CN(C=O)CC2. The number of alkyl halides is 3. The summed E-state index contributed by atoms with van der Waals surface area (Å²) in [5.74, 6) is 0.503. The topological polar surface area (TPSA) is 29.5 Å². The van der Waals surface area contributed by atoms with Crippen LogP contribution >= 0.6 is 0 Å². The molecule has 25 heavy (non-hydrogen) atoms. The molecule has 1 heterocycles. The van der Waals surface area contributed by atoms with Crippen molar-refractivity contribution in [1.29, 1.82) is 0 Å².